The molecule has 0 atom stereocenters. The summed E-state index contributed by atoms with van der Waals surface area (Å²) in [7, 11) is 0. The van der Waals surface area contributed by atoms with Crippen LogP contribution in [0.2, 0.25) is 3.43 Å². The van der Waals surface area contributed by atoms with Gasteiger partial charge >= 0.3 is 213 Å². The summed E-state index contributed by atoms with van der Waals surface area (Å²) in [5.74, 6) is 0.457. The Morgan fingerprint density at radius 3 is 2.21 bits per heavy atom. The topological polar surface area (TPSA) is 49.8 Å². The Kier molecular flexibility index (Phi) is 10.4. The molecule has 1 N–H and O–H groups in total. The van der Waals surface area contributed by atoms with Crippen LogP contribution in [0.1, 0.15) is 103 Å². The van der Waals surface area contributed by atoms with Crippen LogP contribution >= 0.6 is 0 Å². The van der Waals surface area contributed by atoms with E-state index in [1.54, 1.807) is 3.58 Å². The van der Waals surface area contributed by atoms with E-state index in [-0.39, 0.29) is 11.8 Å². The van der Waals surface area contributed by atoms with Crippen LogP contribution in [-0.2, 0) is 10.2 Å². The van der Waals surface area contributed by atoms with Crippen molar-refractivity contribution in [3.05, 3.63) is 23.8 Å². The predicted molar refractivity (Wildman–Crippen MR) is 138 cm³/mol. The molecule has 1 aromatic carbocycles. The van der Waals surface area contributed by atoms with Crippen molar-refractivity contribution in [3.8, 4) is 5.75 Å². The van der Waals surface area contributed by atoms with E-state index in [1.807, 2.05) is 0 Å². The van der Waals surface area contributed by atoms with Crippen LogP contribution in [0.5, 0.6) is 5.75 Å². The van der Waals surface area contributed by atoms with E-state index in [4.69, 9.17) is 9.84 Å². The maximum absolute atomic E-state index is 10.9. The van der Waals surface area contributed by atoms with Crippen molar-refractivity contribution in [2.75, 3.05) is 26.2 Å². The maximum atomic E-state index is 10.9. The molecule has 33 heavy (non-hydrogen) atoms. The van der Waals surface area contributed by atoms with Crippen molar-refractivity contribution >= 4 is 30.7 Å². The van der Waals surface area contributed by atoms with Gasteiger partial charge < -0.3 is 0 Å². The molecule has 5 heteroatoms. The average molecular weight is 562 g/mol. The Morgan fingerprint density at radius 1 is 1.06 bits per heavy atom. The Labute approximate surface area is 212 Å². The van der Waals surface area contributed by atoms with Gasteiger partial charge in [-0.3, -0.25) is 0 Å². The van der Waals surface area contributed by atoms with Crippen molar-refractivity contribution in [1.29, 1.82) is 0 Å². The number of piperidine rings is 1. The Balaban J connectivity index is 1.71. The normalized spacial score (nSPS) is 17.8. The third-order valence-corrected chi connectivity index (χ3v) is 13.3. The zero-order valence-electron chi connectivity index (χ0n) is 21.3. The van der Waals surface area contributed by atoms with Crippen LogP contribution in [0, 0.1) is 0 Å². The molecule has 0 unspecified atom stereocenters. The first kappa shape index (κ1) is 26.8. The monoisotopic (exact) mass is 563 g/mol. The molecule has 0 aliphatic carbocycles. The molecule has 2 aliphatic rings. The molecule has 1 spiro atoms. The molecule has 0 saturated carbocycles. The number of hydrogen-bond donors (Lipinski definition) is 1. The Bertz CT molecular complexity index is 736. The van der Waals surface area contributed by atoms with Crippen molar-refractivity contribution in [2.45, 2.75) is 107 Å². The number of ether oxygens (including phenoxy) is 1. The van der Waals surface area contributed by atoms with Gasteiger partial charge in [-0.2, -0.15) is 0 Å². The fraction of sp³-hybridized carbons (Fsp3) is 0.750. The van der Waals surface area contributed by atoms with E-state index in [9.17, 15) is 4.79 Å². The van der Waals surface area contributed by atoms with Crippen molar-refractivity contribution in [2.24, 2.45) is 0 Å². The van der Waals surface area contributed by atoms with E-state index in [0.717, 1.165) is 38.3 Å². The predicted octanol–water partition coefficient (Wildman–Crippen LogP) is 5.95. The summed E-state index contributed by atoms with van der Waals surface area (Å²) < 4.78 is 8.56. The summed E-state index contributed by atoms with van der Waals surface area (Å²) >= 11 is -0.743. The Hall–Kier alpha value is -0.751. The molecule has 0 bridgehead atoms. The van der Waals surface area contributed by atoms with E-state index in [1.165, 1.54) is 63.4 Å². The molecule has 1 saturated heterocycles. The molecule has 0 amide bonds. The van der Waals surface area contributed by atoms with Gasteiger partial charge in [0.05, 0.1) is 0 Å². The number of rotatable bonds is 14. The first-order valence-corrected chi connectivity index (χ1v) is 16.3. The molecule has 3 rings (SSSR count). The number of fused-ring (bicyclic) bond motifs is 2. The minimum absolute atomic E-state index is 0.141. The molecule has 184 valence electrons. The summed E-state index contributed by atoms with van der Waals surface area (Å²) in [6.45, 7) is 10.4. The van der Waals surface area contributed by atoms with Crippen molar-refractivity contribution in [3.63, 3.8) is 0 Å². The number of carboxylic acids is 1. The third-order valence-electron chi connectivity index (χ3n) is 7.95. The number of hydrogen-bond acceptors (Lipinski definition) is 3. The zero-order chi connectivity index (χ0) is 23.7. The number of carboxylic acid groups (broad SMARTS) is 1. The fourth-order valence-corrected chi connectivity index (χ4v) is 11.1. The molecule has 2 heterocycles. The second-order valence-corrected chi connectivity index (χ2v) is 15.9. The number of likely N-dealkylation sites (tertiary alicyclic amines) is 1. The first-order valence-electron chi connectivity index (χ1n) is 13.5. The first-order chi connectivity index (χ1) is 16.0. The number of carbonyl (C=O) groups is 1. The van der Waals surface area contributed by atoms with Crippen LogP contribution in [0.3, 0.4) is 0 Å². The van der Waals surface area contributed by atoms with Crippen LogP contribution in [0.4, 0.5) is 0 Å². The summed E-state index contributed by atoms with van der Waals surface area (Å²) in [6.07, 6.45) is 14.7. The van der Waals surface area contributed by atoms with Gasteiger partial charge in [0.25, 0.3) is 0 Å². The molecular weight excluding hydrogens is 517 g/mol. The molecule has 1 fully saturated rings. The van der Waals surface area contributed by atoms with E-state index >= 15 is 0 Å². The minimum atomic E-state index is -0.743. The van der Waals surface area contributed by atoms with Gasteiger partial charge in [-0.15, -0.1) is 0 Å². The van der Waals surface area contributed by atoms with Crippen molar-refractivity contribution < 1.29 is 14.6 Å². The zero-order valence-corrected chi connectivity index (χ0v) is 24.1. The fourth-order valence-electron chi connectivity index (χ4n) is 5.74. The van der Waals surface area contributed by atoms with Crippen LogP contribution in [0.15, 0.2) is 18.2 Å². The number of aliphatic carboxylic acids is 1. The quantitative estimate of drug-likeness (QED) is 0.285. The molecule has 1 aromatic rings. The van der Waals surface area contributed by atoms with Gasteiger partial charge in [-0.1, -0.05) is 0 Å². The average Bonchev–Trinajstić information content (AvgIpc) is 3.16. The second kappa shape index (κ2) is 12.8. The third kappa shape index (κ3) is 7.13. The SMILES string of the molecule is CCCC[C](CCCC)(CCCC)[Sn][c]1ccc2c(c1)OCC21CCN(CCC(=O)O)CC1. The molecule has 0 aromatic heterocycles. The van der Waals surface area contributed by atoms with Crippen molar-refractivity contribution in [1.82, 2.24) is 4.90 Å². The van der Waals surface area contributed by atoms with Gasteiger partial charge in [0.15, 0.2) is 0 Å². The number of nitrogens with zero attached hydrogens (tertiary/aromatic N) is 1. The van der Waals surface area contributed by atoms with E-state index in [2.05, 4.69) is 43.9 Å². The standard InChI is InChI=1S/C15H18NO3.C13H27.Sn/c17-14(18)5-8-16-9-6-15(7-10-16)11-19-13-4-2-1-3-12(13)15;1-4-7-10-13(11-8-5-2)12-9-6-3;/h1,3-4H,5-11H2,(H,17,18);4-12H2,1-3H3;. The second-order valence-electron chi connectivity index (χ2n) is 10.5. The number of benzene rings is 1. The summed E-state index contributed by atoms with van der Waals surface area (Å²) in [6, 6.07) is 7.32. The van der Waals surface area contributed by atoms with Gasteiger partial charge in [0, 0.05) is 0 Å². The molecular formula is C28H45NO3Sn. The van der Waals surface area contributed by atoms with E-state index < -0.39 is 27.1 Å². The van der Waals surface area contributed by atoms with Gasteiger partial charge in [0.2, 0.25) is 0 Å². The summed E-state index contributed by atoms with van der Waals surface area (Å²) in [4.78, 5) is 13.2. The van der Waals surface area contributed by atoms with Gasteiger partial charge in [-0.05, 0) is 0 Å². The molecule has 2 aliphatic heterocycles. The molecule has 2 radical (unpaired) electrons. The summed E-state index contributed by atoms with van der Waals surface area (Å²) in [5.41, 5.74) is 1.56. The number of unbranched alkanes of at least 4 members (excludes halogenated alkanes) is 3. The van der Waals surface area contributed by atoms with Crippen LogP contribution in [-0.4, -0.2) is 63.4 Å². The van der Waals surface area contributed by atoms with Gasteiger partial charge in [-0.25, -0.2) is 0 Å². The Morgan fingerprint density at radius 2 is 1.67 bits per heavy atom. The van der Waals surface area contributed by atoms with E-state index in [0.29, 0.717) is 9.98 Å². The van der Waals surface area contributed by atoms with Gasteiger partial charge in [0.1, 0.15) is 0 Å². The van der Waals surface area contributed by atoms with Crippen LogP contribution < -0.4 is 8.32 Å². The summed E-state index contributed by atoms with van der Waals surface area (Å²) in [5, 5.41) is 8.99. The molecule has 4 nitrogen and oxygen atoms in total. The van der Waals surface area contributed by atoms with Crippen LogP contribution in [0.25, 0.3) is 0 Å².